The molecule has 144 valence electrons. The quantitative estimate of drug-likeness (QED) is 0.775. The molecule has 0 bridgehead atoms. The molecule has 3 rings (SSSR count). The molecule has 1 aliphatic rings. The van der Waals surface area contributed by atoms with Gasteiger partial charge in [0.05, 0.1) is 6.42 Å². The lowest BCUT2D eigenvalue weighted by Gasteiger charge is -2.31. The van der Waals surface area contributed by atoms with E-state index in [9.17, 15) is 13.6 Å². The van der Waals surface area contributed by atoms with Crippen LogP contribution < -0.4 is 5.32 Å². The van der Waals surface area contributed by atoms with Crippen LogP contribution in [-0.4, -0.2) is 53.1 Å². The topological polar surface area (TPSA) is 65.5 Å². The van der Waals surface area contributed by atoms with E-state index in [0.29, 0.717) is 26.2 Å². The number of carboxylic acid groups (broad SMARTS) is 1. The summed E-state index contributed by atoms with van der Waals surface area (Å²) in [5, 5.41) is 12.0. The molecule has 2 aromatic rings. The number of hydrogen-bond donors (Lipinski definition) is 2. The molecule has 2 N–H and O–H groups in total. The predicted octanol–water partition coefficient (Wildman–Crippen LogP) is 3.52. The van der Waals surface area contributed by atoms with Gasteiger partial charge in [-0.25, -0.2) is 13.8 Å². The van der Waals surface area contributed by atoms with Gasteiger partial charge in [-0.05, 0) is 23.3 Å². The van der Waals surface area contributed by atoms with E-state index >= 15 is 0 Å². The molecule has 0 saturated carbocycles. The van der Waals surface area contributed by atoms with Gasteiger partial charge in [0.1, 0.15) is 5.82 Å². The highest BCUT2D eigenvalue weighted by atomic mass is 19.3. The van der Waals surface area contributed by atoms with Crippen LogP contribution in [0.3, 0.4) is 0 Å². The largest absolute Gasteiger partial charge is 0.481 e. The van der Waals surface area contributed by atoms with Gasteiger partial charge in [0.15, 0.2) is 0 Å². The number of carbonyl (C=O) groups is 1. The Morgan fingerprint density at radius 3 is 2.37 bits per heavy atom. The first-order valence-electron chi connectivity index (χ1n) is 9.02. The SMILES string of the molecule is O=C(O)Cc1ccc(-c2ccc(NCCN3CCC(F)(F)CC3)nc2)cc1. The third kappa shape index (κ3) is 5.72. The fourth-order valence-electron chi connectivity index (χ4n) is 3.10. The van der Waals surface area contributed by atoms with E-state index in [1.165, 1.54) is 0 Å². The summed E-state index contributed by atoms with van der Waals surface area (Å²) < 4.78 is 26.3. The molecule has 1 fully saturated rings. The van der Waals surface area contributed by atoms with Gasteiger partial charge in [-0.2, -0.15) is 0 Å². The van der Waals surface area contributed by atoms with Crippen molar-refractivity contribution in [1.29, 1.82) is 0 Å². The van der Waals surface area contributed by atoms with Gasteiger partial charge in [-0.1, -0.05) is 24.3 Å². The smallest absolute Gasteiger partial charge is 0.307 e. The van der Waals surface area contributed by atoms with Crippen LogP contribution in [-0.2, 0) is 11.2 Å². The summed E-state index contributed by atoms with van der Waals surface area (Å²) in [5.41, 5.74) is 2.67. The van der Waals surface area contributed by atoms with Gasteiger partial charge in [0.25, 0.3) is 5.92 Å². The van der Waals surface area contributed by atoms with Crippen LogP contribution in [0.5, 0.6) is 0 Å². The Bertz CT molecular complexity index is 754. The van der Waals surface area contributed by atoms with Crippen molar-refractivity contribution in [2.24, 2.45) is 0 Å². The first-order valence-corrected chi connectivity index (χ1v) is 9.02. The van der Waals surface area contributed by atoms with Crippen molar-refractivity contribution >= 4 is 11.8 Å². The zero-order chi connectivity index (χ0) is 19.3. The molecular formula is C20H23F2N3O2. The van der Waals surface area contributed by atoms with Crippen molar-refractivity contribution < 1.29 is 18.7 Å². The first-order chi connectivity index (χ1) is 12.9. The van der Waals surface area contributed by atoms with Crippen molar-refractivity contribution in [2.45, 2.75) is 25.2 Å². The molecule has 0 radical (unpaired) electrons. The molecule has 1 aromatic carbocycles. The number of piperidine rings is 1. The van der Waals surface area contributed by atoms with Gasteiger partial charge >= 0.3 is 5.97 Å². The maximum Gasteiger partial charge on any atom is 0.307 e. The van der Waals surface area contributed by atoms with E-state index < -0.39 is 11.9 Å². The van der Waals surface area contributed by atoms with E-state index in [2.05, 4.69) is 10.3 Å². The molecule has 0 amide bonds. The zero-order valence-corrected chi connectivity index (χ0v) is 15.0. The number of carboxylic acids is 1. The number of nitrogens with zero attached hydrogens (tertiary/aromatic N) is 2. The number of pyridine rings is 1. The standard InChI is InChI=1S/C20H23F2N3O2/c21-20(22)7-10-25(11-8-20)12-9-23-18-6-5-17(14-24-18)16-3-1-15(2-4-16)13-19(26)27/h1-6,14H,7-13H2,(H,23,24)(H,26,27). The molecule has 0 spiro atoms. The predicted molar refractivity (Wildman–Crippen MR) is 100 cm³/mol. The molecule has 1 aliphatic heterocycles. The molecule has 5 nitrogen and oxygen atoms in total. The Labute approximate surface area is 157 Å². The maximum atomic E-state index is 13.1. The Hall–Kier alpha value is -2.54. The highest BCUT2D eigenvalue weighted by Crippen LogP contribution is 2.27. The summed E-state index contributed by atoms with van der Waals surface area (Å²) in [6.07, 6.45) is 1.64. The number of aliphatic carboxylic acids is 1. The number of halogens is 2. The van der Waals surface area contributed by atoms with Gasteiger partial charge < -0.3 is 15.3 Å². The Balaban J connectivity index is 1.48. The van der Waals surface area contributed by atoms with E-state index in [0.717, 1.165) is 22.5 Å². The molecule has 0 aliphatic carbocycles. The molecule has 0 unspecified atom stereocenters. The number of nitrogens with one attached hydrogen (secondary N) is 1. The van der Waals surface area contributed by atoms with Crippen LogP contribution in [0.15, 0.2) is 42.6 Å². The third-order valence-electron chi connectivity index (χ3n) is 4.73. The minimum absolute atomic E-state index is 0.00997. The lowest BCUT2D eigenvalue weighted by molar-refractivity contribution is -0.136. The Morgan fingerprint density at radius 1 is 1.11 bits per heavy atom. The number of aromatic nitrogens is 1. The van der Waals surface area contributed by atoms with Gasteiger partial charge in [-0.15, -0.1) is 0 Å². The van der Waals surface area contributed by atoms with Crippen LogP contribution in [0.2, 0.25) is 0 Å². The van der Waals surface area contributed by atoms with E-state index in [1.54, 1.807) is 18.3 Å². The molecular weight excluding hydrogens is 352 g/mol. The average Bonchev–Trinajstić information content (AvgIpc) is 2.64. The molecule has 1 saturated heterocycles. The minimum atomic E-state index is -2.51. The van der Waals surface area contributed by atoms with Crippen LogP contribution >= 0.6 is 0 Å². The van der Waals surface area contributed by atoms with Crippen LogP contribution in [0.1, 0.15) is 18.4 Å². The minimum Gasteiger partial charge on any atom is -0.481 e. The maximum absolute atomic E-state index is 13.1. The second-order valence-electron chi connectivity index (χ2n) is 6.82. The average molecular weight is 375 g/mol. The van der Waals surface area contributed by atoms with Gasteiger partial charge in [0, 0.05) is 50.8 Å². The van der Waals surface area contributed by atoms with E-state index in [-0.39, 0.29) is 19.3 Å². The fraction of sp³-hybridized carbons (Fsp3) is 0.400. The Morgan fingerprint density at radius 2 is 1.78 bits per heavy atom. The molecule has 27 heavy (non-hydrogen) atoms. The van der Waals surface area contributed by atoms with Gasteiger partial charge in [0.2, 0.25) is 0 Å². The normalized spacial score (nSPS) is 16.8. The third-order valence-corrected chi connectivity index (χ3v) is 4.73. The molecule has 7 heteroatoms. The number of alkyl halides is 2. The molecule has 1 aromatic heterocycles. The van der Waals surface area contributed by atoms with Crippen molar-refractivity contribution in [3.63, 3.8) is 0 Å². The summed E-state index contributed by atoms with van der Waals surface area (Å²) in [4.78, 5) is 17.2. The summed E-state index contributed by atoms with van der Waals surface area (Å²) in [6, 6.07) is 11.2. The fourth-order valence-corrected chi connectivity index (χ4v) is 3.10. The first kappa shape index (κ1) is 19.2. The molecule has 2 heterocycles. The monoisotopic (exact) mass is 375 g/mol. The zero-order valence-electron chi connectivity index (χ0n) is 15.0. The Kier molecular flexibility index (Phi) is 6.01. The molecule has 0 atom stereocenters. The van der Waals surface area contributed by atoms with E-state index in [1.807, 2.05) is 29.2 Å². The highest BCUT2D eigenvalue weighted by Gasteiger charge is 2.33. The van der Waals surface area contributed by atoms with Crippen LogP contribution in [0, 0.1) is 0 Å². The number of hydrogen-bond acceptors (Lipinski definition) is 4. The summed E-state index contributed by atoms with van der Waals surface area (Å²) in [5.74, 6) is -2.62. The van der Waals surface area contributed by atoms with Crippen LogP contribution in [0.25, 0.3) is 11.1 Å². The van der Waals surface area contributed by atoms with Crippen molar-refractivity contribution in [3.8, 4) is 11.1 Å². The lowest BCUT2D eigenvalue weighted by Crippen LogP contribution is -2.41. The number of benzene rings is 1. The number of rotatable bonds is 7. The van der Waals surface area contributed by atoms with Crippen molar-refractivity contribution in [2.75, 3.05) is 31.5 Å². The van der Waals surface area contributed by atoms with Crippen molar-refractivity contribution in [3.05, 3.63) is 48.2 Å². The highest BCUT2D eigenvalue weighted by molar-refractivity contribution is 5.71. The summed E-state index contributed by atoms with van der Waals surface area (Å²) in [6.45, 7) is 2.23. The number of anilines is 1. The number of likely N-dealkylation sites (tertiary alicyclic amines) is 1. The summed E-state index contributed by atoms with van der Waals surface area (Å²) in [7, 11) is 0. The second-order valence-corrected chi connectivity index (χ2v) is 6.82. The lowest BCUT2D eigenvalue weighted by atomic mass is 10.0. The van der Waals surface area contributed by atoms with E-state index in [4.69, 9.17) is 5.11 Å². The summed E-state index contributed by atoms with van der Waals surface area (Å²) >= 11 is 0. The van der Waals surface area contributed by atoms with Crippen molar-refractivity contribution in [1.82, 2.24) is 9.88 Å². The van der Waals surface area contributed by atoms with Crippen LogP contribution in [0.4, 0.5) is 14.6 Å². The van der Waals surface area contributed by atoms with Gasteiger partial charge in [-0.3, -0.25) is 4.79 Å². The second kappa shape index (κ2) is 8.43.